The van der Waals surface area contributed by atoms with E-state index < -0.39 is 10.8 Å². The Morgan fingerprint density at radius 1 is 1.26 bits per heavy atom. The molecule has 2 unspecified atom stereocenters. The highest BCUT2D eigenvalue weighted by Crippen LogP contribution is 2.14. The number of fused-ring (bicyclic) bond motifs is 1. The van der Waals surface area contributed by atoms with E-state index in [1.807, 2.05) is 24.3 Å². The summed E-state index contributed by atoms with van der Waals surface area (Å²) in [5.74, 6) is 0.632. The Morgan fingerprint density at radius 2 is 2.11 bits per heavy atom. The van der Waals surface area contributed by atoms with Gasteiger partial charge in [0.25, 0.3) is 0 Å². The highest BCUT2D eigenvalue weighted by Gasteiger charge is 2.17. The normalized spacial score (nSPS) is 21.4. The maximum absolute atomic E-state index is 12.3. The number of hydrogen-bond donors (Lipinski definition) is 1. The predicted molar refractivity (Wildman–Crippen MR) is 76.5 cm³/mol. The van der Waals surface area contributed by atoms with Gasteiger partial charge in [-0.05, 0) is 31.5 Å². The molecule has 1 aromatic heterocycles. The Balaban J connectivity index is 1.77. The van der Waals surface area contributed by atoms with Gasteiger partial charge in [0.15, 0.2) is 0 Å². The van der Waals surface area contributed by atoms with Crippen molar-refractivity contribution < 1.29 is 4.21 Å². The molecule has 1 aromatic carbocycles. The molecule has 0 bridgehead atoms. The molecule has 0 radical (unpaired) electrons. The summed E-state index contributed by atoms with van der Waals surface area (Å²) in [6, 6.07) is 8.02. The molecule has 1 fully saturated rings. The van der Waals surface area contributed by atoms with Crippen molar-refractivity contribution in [2.75, 3.05) is 12.3 Å². The van der Waals surface area contributed by atoms with Gasteiger partial charge in [-0.25, -0.2) is 4.98 Å². The molecule has 2 aromatic rings. The average Bonchev–Trinajstić information content (AvgIpc) is 2.48. The van der Waals surface area contributed by atoms with Crippen LogP contribution in [0.3, 0.4) is 0 Å². The number of benzene rings is 1. The monoisotopic (exact) mass is 275 g/mol. The minimum Gasteiger partial charge on any atom is -0.313 e. The predicted octanol–water partition coefficient (Wildman–Crippen LogP) is 1.88. The SMILES string of the molecule is O=S(CC1CCCCN1)c1cnc2ccccc2n1. The highest BCUT2D eigenvalue weighted by molar-refractivity contribution is 7.85. The molecule has 1 N–H and O–H groups in total. The minimum absolute atomic E-state index is 0.350. The molecular weight excluding hydrogens is 258 g/mol. The van der Waals surface area contributed by atoms with E-state index in [1.54, 1.807) is 6.20 Å². The van der Waals surface area contributed by atoms with Gasteiger partial charge in [0.1, 0.15) is 5.03 Å². The molecule has 0 saturated carbocycles. The standard InChI is InChI=1S/C14H17N3OS/c18-19(10-11-5-3-4-8-15-11)14-9-16-12-6-1-2-7-13(12)17-14/h1-2,6-7,9,11,15H,3-5,8,10H2. The van der Waals surface area contributed by atoms with Crippen molar-refractivity contribution in [1.82, 2.24) is 15.3 Å². The molecule has 5 heteroatoms. The molecular formula is C14H17N3OS. The summed E-state index contributed by atoms with van der Waals surface area (Å²) in [5.41, 5.74) is 1.66. The molecule has 3 rings (SSSR count). The van der Waals surface area contributed by atoms with Gasteiger partial charge in [-0.2, -0.15) is 0 Å². The molecule has 4 nitrogen and oxygen atoms in total. The van der Waals surface area contributed by atoms with Crippen LogP contribution in [-0.2, 0) is 10.8 Å². The first-order valence-electron chi connectivity index (χ1n) is 6.66. The third-order valence-corrected chi connectivity index (χ3v) is 4.79. The molecule has 1 saturated heterocycles. The van der Waals surface area contributed by atoms with Crippen LogP contribution in [0.1, 0.15) is 19.3 Å². The molecule has 2 heterocycles. The van der Waals surface area contributed by atoms with Crippen LogP contribution in [0, 0.1) is 0 Å². The van der Waals surface area contributed by atoms with E-state index in [0.29, 0.717) is 16.8 Å². The fourth-order valence-corrected chi connectivity index (χ4v) is 3.58. The minimum atomic E-state index is -1.07. The van der Waals surface area contributed by atoms with Gasteiger partial charge in [-0.15, -0.1) is 0 Å². The second-order valence-electron chi connectivity index (χ2n) is 4.86. The Kier molecular flexibility index (Phi) is 3.84. The quantitative estimate of drug-likeness (QED) is 0.929. The molecule has 0 aliphatic carbocycles. The maximum Gasteiger partial charge on any atom is 0.146 e. The van der Waals surface area contributed by atoms with E-state index in [4.69, 9.17) is 0 Å². The zero-order valence-corrected chi connectivity index (χ0v) is 11.5. The van der Waals surface area contributed by atoms with Crippen LogP contribution >= 0.6 is 0 Å². The summed E-state index contributed by atoms with van der Waals surface area (Å²) in [5, 5.41) is 4.00. The fraction of sp³-hybridized carbons (Fsp3) is 0.429. The van der Waals surface area contributed by atoms with Gasteiger partial charge >= 0.3 is 0 Å². The number of piperidine rings is 1. The second kappa shape index (κ2) is 5.75. The van der Waals surface area contributed by atoms with E-state index in [2.05, 4.69) is 15.3 Å². The van der Waals surface area contributed by atoms with Gasteiger partial charge in [0.2, 0.25) is 0 Å². The van der Waals surface area contributed by atoms with Gasteiger partial charge in [-0.3, -0.25) is 9.19 Å². The lowest BCUT2D eigenvalue weighted by Gasteiger charge is -2.22. The third-order valence-electron chi connectivity index (χ3n) is 3.42. The summed E-state index contributed by atoms with van der Waals surface area (Å²) in [6.45, 7) is 1.03. The van der Waals surface area contributed by atoms with E-state index >= 15 is 0 Å². The van der Waals surface area contributed by atoms with Crippen molar-refractivity contribution in [3.63, 3.8) is 0 Å². The summed E-state index contributed by atoms with van der Waals surface area (Å²) in [4.78, 5) is 8.77. The van der Waals surface area contributed by atoms with Crippen molar-refractivity contribution >= 4 is 21.8 Å². The van der Waals surface area contributed by atoms with Gasteiger partial charge in [0.05, 0.1) is 28.0 Å². The lowest BCUT2D eigenvalue weighted by molar-refractivity contribution is 0.427. The molecule has 100 valence electrons. The van der Waals surface area contributed by atoms with E-state index in [1.165, 1.54) is 12.8 Å². The van der Waals surface area contributed by atoms with Crippen LogP contribution in [0.4, 0.5) is 0 Å². The first-order valence-corrected chi connectivity index (χ1v) is 7.98. The van der Waals surface area contributed by atoms with E-state index in [0.717, 1.165) is 24.0 Å². The number of aromatic nitrogens is 2. The van der Waals surface area contributed by atoms with Crippen molar-refractivity contribution in [2.45, 2.75) is 30.3 Å². The molecule has 0 amide bonds. The number of nitrogens with zero attached hydrogens (tertiary/aromatic N) is 2. The lowest BCUT2D eigenvalue weighted by Crippen LogP contribution is -2.38. The average molecular weight is 275 g/mol. The van der Waals surface area contributed by atoms with Crippen molar-refractivity contribution in [1.29, 1.82) is 0 Å². The second-order valence-corrected chi connectivity index (χ2v) is 6.30. The Labute approximate surface area is 115 Å². The first-order chi connectivity index (χ1) is 9.33. The van der Waals surface area contributed by atoms with Gasteiger partial charge in [-0.1, -0.05) is 18.6 Å². The van der Waals surface area contributed by atoms with Gasteiger partial charge < -0.3 is 5.32 Å². The summed E-state index contributed by atoms with van der Waals surface area (Å²) in [6.07, 6.45) is 5.19. The maximum atomic E-state index is 12.3. The number of nitrogens with one attached hydrogen (secondary N) is 1. The zero-order valence-electron chi connectivity index (χ0n) is 10.7. The number of rotatable bonds is 3. The van der Waals surface area contributed by atoms with Crippen LogP contribution in [0.25, 0.3) is 11.0 Å². The first kappa shape index (κ1) is 12.7. The van der Waals surface area contributed by atoms with Crippen LogP contribution in [0.15, 0.2) is 35.5 Å². The van der Waals surface area contributed by atoms with Crippen LogP contribution in [0.5, 0.6) is 0 Å². The third kappa shape index (κ3) is 2.98. The summed E-state index contributed by atoms with van der Waals surface area (Å²) in [7, 11) is -1.07. The Bertz CT molecular complexity index is 596. The van der Waals surface area contributed by atoms with Crippen molar-refractivity contribution in [2.24, 2.45) is 0 Å². The summed E-state index contributed by atoms with van der Waals surface area (Å²) >= 11 is 0. The lowest BCUT2D eigenvalue weighted by atomic mass is 10.1. The molecule has 2 atom stereocenters. The molecule has 19 heavy (non-hydrogen) atoms. The number of hydrogen-bond acceptors (Lipinski definition) is 4. The van der Waals surface area contributed by atoms with E-state index in [-0.39, 0.29) is 0 Å². The molecule has 0 spiro atoms. The molecule has 1 aliphatic heterocycles. The smallest absolute Gasteiger partial charge is 0.146 e. The Hall–Kier alpha value is -1.33. The fourth-order valence-electron chi connectivity index (χ4n) is 2.38. The zero-order chi connectivity index (χ0) is 13.1. The highest BCUT2D eigenvalue weighted by atomic mass is 32.2. The van der Waals surface area contributed by atoms with Crippen LogP contribution < -0.4 is 5.32 Å². The van der Waals surface area contributed by atoms with Gasteiger partial charge in [0, 0.05) is 11.8 Å². The largest absolute Gasteiger partial charge is 0.313 e. The van der Waals surface area contributed by atoms with Crippen molar-refractivity contribution in [3.8, 4) is 0 Å². The summed E-state index contributed by atoms with van der Waals surface area (Å²) < 4.78 is 12.3. The topological polar surface area (TPSA) is 54.9 Å². The van der Waals surface area contributed by atoms with Crippen molar-refractivity contribution in [3.05, 3.63) is 30.5 Å². The Morgan fingerprint density at radius 3 is 2.89 bits per heavy atom. The van der Waals surface area contributed by atoms with Crippen LogP contribution in [0.2, 0.25) is 0 Å². The van der Waals surface area contributed by atoms with E-state index in [9.17, 15) is 4.21 Å². The molecule has 1 aliphatic rings. The van der Waals surface area contributed by atoms with Crippen LogP contribution in [-0.4, -0.2) is 32.5 Å². The number of para-hydroxylation sites is 2.